The van der Waals surface area contributed by atoms with Crippen LogP contribution in [0.3, 0.4) is 0 Å². The van der Waals surface area contributed by atoms with Gasteiger partial charge in [0.2, 0.25) is 0 Å². The van der Waals surface area contributed by atoms with Crippen molar-refractivity contribution in [2.45, 2.75) is 25.9 Å². The van der Waals surface area contributed by atoms with E-state index in [-0.39, 0.29) is 0 Å². The zero-order chi connectivity index (χ0) is 10.3. The largest absolute Gasteiger partial charge is 0.310 e. The third-order valence-corrected chi connectivity index (χ3v) is 3.72. The topological polar surface area (TPSA) is 40.7 Å². The van der Waals surface area contributed by atoms with Gasteiger partial charge in [-0.25, -0.2) is 0 Å². The molecule has 0 saturated carbocycles. The molecule has 2 aromatic heterocycles. The fraction of sp³-hybridized carbons (Fsp3) is 0.364. The molecule has 1 atom stereocenters. The minimum Gasteiger partial charge on any atom is -0.310 e. The molecule has 15 heavy (non-hydrogen) atoms. The van der Waals surface area contributed by atoms with Gasteiger partial charge in [-0.1, -0.05) is 6.07 Å². The summed E-state index contributed by atoms with van der Waals surface area (Å²) in [6.45, 7) is 3.13. The Morgan fingerprint density at radius 3 is 3.27 bits per heavy atom. The molecule has 0 spiro atoms. The highest BCUT2D eigenvalue weighted by atomic mass is 32.1. The maximum atomic E-state index is 4.42. The van der Waals surface area contributed by atoms with Crippen molar-refractivity contribution < 1.29 is 0 Å². The van der Waals surface area contributed by atoms with E-state index in [9.17, 15) is 0 Å². The first-order valence-electron chi connectivity index (χ1n) is 5.18. The summed E-state index contributed by atoms with van der Waals surface area (Å²) < 4.78 is 0. The van der Waals surface area contributed by atoms with Crippen molar-refractivity contribution in [2.75, 3.05) is 0 Å². The van der Waals surface area contributed by atoms with E-state index >= 15 is 0 Å². The molecule has 3 heterocycles. The van der Waals surface area contributed by atoms with Gasteiger partial charge in [-0.2, -0.15) is 5.10 Å². The summed E-state index contributed by atoms with van der Waals surface area (Å²) in [6, 6.07) is 4.74. The van der Waals surface area contributed by atoms with Gasteiger partial charge in [-0.05, 0) is 18.4 Å². The van der Waals surface area contributed by atoms with E-state index in [1.807, 2.05) is 0 Å². The fourth-order valence-electron chi connectivity index (χ4n) is 2.03. The van der Waals surface area contributed by atoms with E-state index in [4.69, 9.17) is 0 Å². The third-order valence-electron chi connectivity index (χ3n) is 2.84. The summed E-state index contributed by atoms with van der Waals surface area (Å²) in [6.07, 6.45) is 1.05. The summed E-state index contributed by atoms with van der Waals surface area (Å²) in [5.74, 6) is 0. The molecule has 78 valence electrons. The lowest BCUT2D eigenvalue weighted by molar-refractivity contribution is 0.509. The molecule has 4 heteroatoms. The lowest BCUT2D eigenvalue weighted by atomic mass is 10.0. The maximum Gasteiger partial charge on any atom is 0.107 e. The molecule has 0 aliphatic carbocycles. The SMILES string of the molecule is CC1Cc2[nH]nc(-c3cccs3)c2CN1. The first-order chi connectivity index (χ1) is 7.34. The molecular formula is C11H13N3S. The zero-order valence-corrected chi connectivity index (χ0v) is 9.40. The number of hydrogen-bond donors (Lipinski definition) is 2. The second kappa shape index (κ2) is 3.47. The van der Waals surface area contributed by atoms with Gasteiger partial charge < -0.3 is 5.32 Å². The smallest absolute Gasteiger partial charge is 0.107 e. The quantitative estimate of drug-likeness (QED) is 0.771. The molecule has 1 unspecified atom stereocenters. The second-order valence-corrected chi connectivity index (χ2v) is 4.94. The summed E-state index contributed by atoms with van der Waals surface area (Å²) in [5.41, 5.74) is 3.76. The van der Waals surface area contributed by atoms with Crippen molar-refractivity contribution >= 4 is 11.3 Å². The lowest BCUT2D eigenvalue weighted by Gasteiger charge is -2.19. The van der Waals surface area contributed by atoms with Crippen molar-refractivity contribution in [3.63, 3.8) is 0 Å². The molecule has 2 aromatic rings. The normalized spacial score (nSPS) is 20.2. The average Bonchev–Trinajstić information content (AvgIpc) is 2.82. The molecule has 1 aliphatic rings. The summed E-state index contributed by atoms with van der Waals surface area (Å²) in [7, 11) is 0. The van der Waals surface area contributed by atoms with Gasteiger partial charge in [0.1, 0.15) is 5.69 Å². The van der Waals surface area contributed by atoms with Crippen LogP contribution in [-0.2, 0) is 13.0 Å². The van der Waals surface area contributed by atoms with Crippen LogP contribution in [0.1, 0.15) is 18.2 Å². The Balaban J connectivity index is 2.05. The Hall–Kier alpha value is -1.13. The Morgan fingerprint density at radius 1 is 1.53 bits per heavy atom. The van der Waals surface area contributed by atoms with Gasteiger partial charge in [-0.3, -0.25) is 5.10 Å². The Bertz CT molecular complexity index is 458. The number of aromatic amines is 1. The summed E-state index contributed by atoms with van der Waals surface area (Å²) in [5, 5.41) is 13.1. The van der Waals surface area contributed by atoms with Crippen LogP contribution < -0.4 is 5.32 Å². The molecule has 3 rings (SSSR count). The molecule has 3 nitrogen and oxygen atoms in total. The van der Waals surface area contributed by atoms with Gasteiger partial charge in [0.25, 0.3) is 0 Å². The predicted octanol–water partition coefficient (Wildman–Crippen LogP) is 2.17. The van der Waals surface area contributed by atoms with Crippen LogP contribution in [0.5, 0.6) is 0 Å². The minimum absolute atomic E-state index is 0.550. The van der Waals surface area contributed by atoms with Gasteiger partial charge >= 0.3 is 0 Å². The number of thiophene rings is 1. The number of fused-ring (bicyclic) bond motifs is 1. The van der Waals surface area contributed by atoms with Gasteiger partial charge in [0.15, 0.2) is 0 Å². The highest BCUT2D eigenvalue weighted by molar-refractivity contribution is 7.13. The van der Waals surface area contributed by atoms with E-state index in [2.05, 4.69) is 40.0 Å². The third kappa shape index (κ3) is 1.50. The number of nitrogens with zero attached hydrogens (tertiary/aromatic N) is 1. The highest BCUT2D eigenvalue weighted by Crippen LogP contribution is 2.29. The van der Waals surface area contributed by atoms with E-state index in [1.54, 1.807) is 11.3 Å². The lowest BCUT2D eigenvalue weighted by Crippen LogP contribution is -2.32. The van der Waals surface area contributed by atoms with Crippen LogP contribution in [0.15, 0.2) is 17.5 Å². The van der Waals surface area contributed by atoms with E-state index in [0.29, 0.717) is 6.04 Å². The summed E-state index contributed by atoms with van der Waals surface area (Å²) in [4.78, 5) is 1.25. The van der Waals surface area contributed by atoms with Gasteiger partial charge in [0.05, 0.1) is 4.88 Å². The molecule has 2 N–H and O–H groups in total. The number of aromatic nitrogens is 2. The Kier molecular flexibility index (Phi) is 2.11. The Labute approximate surface area is 92.5 Å². The van der Waals surface area contributed by atoms with Crippen LogP contribution in [0.2, 0.25) is 0 Å². The number of rotatable bonds is 1. The van der Waals surface area contributed by atoms with E-state index in [0.717, 1.165) is 18.7 Å². The van der Waals surface area contributed by atoms with Crippen LogP contribution in [0, 0.1) is 0 Å². The fourth-order valence-corrected chi connectivity index (χ4v) is 2.77. The van der Waals surface area contributed by atoms with Crippen molar-refractivity contribution in [1.29, 1.82) is 0 Å². The van der Waals surface area contributed by atoms with Crippen LogP contribution in [-0.4, -0.2) is 16.2 Å². The minimum atomic E-state index is 0.550. The monoisotopic (exact) mass is 219 g/mol. The first-order valence-corrected chi connectivity index (χ1v) is 6.06. The van der Waals surface area contributed by atoms with E-state index in [1.165, 1.54) is 16.1 Å². The van der Waals surface area contributed by atoms with Gasteiger partial charge in [0, 0.05) is 30.3 Å². The molecule has 0 radical (unpaired) electrons. The van der Waals surface area contributed by atoms with E-state index < -0.39 is 0 Å². The molecule has 0 fully saturated rings. The van der Waals surface area contributed by atoms with Crippen molar-refractivity contribution in [3.8, 4) is 10.6 Å². The predicted molar refractivity (Wildman–Crippen MR) is 61.9 cm³/mol. The number of nitrogens with one attached hydrogen (secondary N) is 2. The molecule has 0 amide bonds. The highest BCUT2D eigenvalue weighted by Gasteiger charge is 2.21. The van der Waals surface area contributed by atoms with Gasteiger partial charge in [-0.15, -0.1) is 11.3 Å². The Morgan fingerprint density at radius 2 is 2.47 bits per heavy atom. The zero-order valence-electron chi connectivity index (χ0n) is 8.58. The number of H-pyrrole nitrogens is 1. The standard InChI is InChI=1S/C11H13N3S/c1-7-5-9-8(6-12-7)11(14-13-9)10-3-2-4-15-10/h2-4,7,12H,5-6H2,1H3,(H,13,14). The van der Waals surface area contributed by atoms with Crippen molar-refractivity contribution in [2.24, 2.45) is 0 Å². The van der Waals surface area contributed by atoms with Crippen molar-refractivity contribution in [1.82, 2.24) is 15.5 Å². The molecular weight excluding hydrogens is 206 g/mol. The number of hydrogen-bond acceptors (Lipinski definition) is 3. The molecule has 1 aliphatic heterocycles. The molecule has 0 saturated heterocycles. The summed E-state index contributed by atoms with van der Waals surface area (Å²) >= 11 is 1.74. The maximum absolute atomic E-state index is 4.42. The van der Waals surface area contributed by atoms with Crippen LogP contribution in [0.25, 0.3) is 10.6 Å². The average molecular weight is 219 g/mol. The molecule has 0 bridgehead atoms. The van der Waals surface area contributed by atoms with Crippen molar-refractivity contribution in [3.05, 3.63) is 28.8 Å². The van der Waals surface area contributed by atoms with Crippen LogP contribution >= 0.6 is 11.3 Å². The van der Waals surface area contributed by atoms with Crippen LogP contribution in [0.4, 0.5) is 0 Å². The molecule has 0 aromatic carbocycles. The second-order valence-electron chi connectivity index (χ2n) is 3.99. The first kappa shape index (κ1) is 9.12.